The summed E-state index contributed by atoms with van der Waals surface area (Å²) in [7, 11) is 0. The molecule has 0 saturated carbocycles. The van der Waals surface area contributed by atoms with Crippen molar-refractivity contribution >= 4 is 11.4 Å². The van der Waals surface area contributed by atoms with Crippen LogP contribution in [-0.4, -0.2) is 11.4 Å². The third kappa shape index (κ3) is 0.729. The zero-order valence-electron chi connectivity index (χ0n) is 4.39. The summed E-state index contributed by atoms with van der Waals surface area (Å²) in [6, 6.07) is 0. The highest BCUT2D eigenvalue weighted by Gasteiger charge is 2.03. The Hall–Kier alpha value is -1.18. The molecule has 1 aliphatic carbocycles. The summed E-state index contributed by atoms with van der Waals surface area (Å²) < 4.78 is 0. The average Bonchev–Trinajstić information content (AvgIpc) is 1.77. The summed E-state index contributed by atoms with van der Waals surface area (Å²) in [4.78, 5) is 0. The van der Waals surface area contributed by atoms with E-state index >= 15 is 0 Å². The highest BCUT2D eigenvalue weighted by atomic mass is 14.5. The number of hydrogen-bond donors (Lipinski definition) is 2. The van der Waals surface area contributed by atoms with E-state index in [1.807, 2.05) is 6.08 Å². The quantitative estimate of drug-likeness (QED) is 0.386. The van der Waals surface area contributed by atoms with Crippen LogP contribution in [0.5, 0.6) is 0 Å². The van der Waals surface area contributed by atoms with Gasteiger partial charge in [-0.3, -0.25) is 10.8 Å². The lowest BCUT2D eigenvalue weighted by Crippen LogP contribution is -2.43. The van der Waals surface area contributed by atoms with Crippen molar-refractivity contribution in [3.05, 3.63) is 24.3 Å². The largest absolute Gasteiger partial charge is 0.295 e. The lowest BCUT2D eigenvalue weighted by molar-refractivity contribution is -0.108. The molecule has 0 aromatic heterocycles. The Morgan fingerprint density at radius 1 is 1.25 bits per heavy atom. The second-order valence-corrected chi connectivity index (χ2v) is 1.59. The first-order valence-electron chi connectivity index (χ1n) is 2.37. The second kappa shape index (κ2) is 1.74. The Kier molecular flexibility index (Phi) is 1.08. The summed E-state index contributed by atoms with van der Waals surface area (Å²) >= 11 is 0. The molecule has 2 heteroatoms. The van der Waals surface area contributed by atoms with Crippen LogP contribution in [0.1, 0.15) is 0 Å². The minimum absolute atomic E-state index is 0.396. The minimum atomic E-state index is 0.396. The van der Waals surface area contributed by atoms with Crippen LogP contribution in [0.25, 0.3) is 0 Å². The van der Waals surface area contributed by atoms with Crippen molar-refractivity contribution in [1.82, 2.24) is 0 Å². The maximum atomic E-state index is 7.09. The Balaban J connectivity index is 2.89. The zero-order chi connectivity index (χ0) is 5.98. The number of allylic oxidation sites excluding steroid dienone is 4. The van der Waals surface area contributed by atoms with Gasteiger partial charge in [-0.15, -0.1) is 0 Å². The molecule has 0 atom stereocenters. The predicted octanol–water partition coefficient (Wildman–Crippen LogP) is -0.668. The molecule has 8 heavy (non-hydrogen) atoms. The third-order valence-electron chi connectivity index (χ3n) is 0.961. The Bertz CT molecular complexity index is 165. The van der Waals surface area contributed by atoms with Crippen molar-refractivity contribution in [3.63, 3.8) is 0 Å². The van der Waals surface area contributed by atoms with E-state index in [0.29, 0.717) is 11.4 Å². The van der Waals surface area contributed by atoms with Gasteiger partial charge in [0.25, 0.3) is 0 Å². The first kappa shape index (κ1) is 4.97. The molecule has 0 bridgehead atoms. The molecule has 0 unspecified atom stereocenters. The molecule has 40 valence electrons. The Morgan fingerprint density at radius 2 is 1.88 bits per heavy atom. The van der Waals surface area contributed by atoms with E-state index in [9.17, 15) is 0 Å². The molecule has 0 fully saturated rings. The standard InChI is InChI=1S/C6H6N2/c7-5-3-1-2-4-6(5)8/h1-4,7-8H/p+1. The molecule has 0 heterocycles. The molecule has 3 N–H and O–H groups in total. The van der Waals surface area contributed by atoms with Crippen LogP contribution < -0.4 is 5.41 Å². The van der Waals surface area contributed by atoms with Gasteiger partial charge in [-0.25, -0.2) is 0 Å². The van der Waals surface area contributed by atoms with Crippen LogP contribution in [0, 0.1) is 5.41 Å². The molecule has 1 aliphatic rings. The molecule has 0 radical (unpaired) electrons. The molecule has 2 nitrogen and oxygen atoms in total. The van der Waals surface area contributed by atoms with Gasteiger partial charge in [0, 0.05) is 6.08 Å². The van der Waals surface area contributed by atoms with E-state index in [-0.39, 0.29) is 0 Å². The monoisotopic (exact) mass is 107 g/mol. The SMILES string of the molecule is N=C1C=CC=CC1=[NH2+]. The highest BCUT2D eigenvalue weighted by molar-refractivity contribution is 6.47. The van der Waals surface area contributed by atoms with Gasteiger partial charge in [-0.1, -0.05) is 12.2 Å². The minimum Gasteiger partial charge on any atom is -0.295 e. The average molecular weight is 107 g/mol. The fourth-order valence-corrected chi connectivity index (χ4v) is 0.497. The summed E-state index contributed by atoms with van der Waals surface area (Å²) in [5, 5.41) is 12.4. The number of rotatable bonds is 0. The normalized spacial score (nSPS) is 17.5. The van der Waals surface area contributed by atoms with E-state index in [1.54, 1.807) is 18.2 Å². The molecule has 0 aromatic rings. The molecule has 1 rings (SSSR count). The molecule has 0 saturated heterocycles. The first-order valence-corrected chi connectivity index (χ1v) is 2.37. The number of nitrogens with two attached hydrogens (primary N) is 1. The number of hydrogen-bond acceptors (Lipinski definition) is 1. The van der Waals surface area contributed by atoms with Gasteiger partial charge in [0.05, 0.1) is 0 Å². The van der Waals surface area contributed by atoms with Gasteiger partial charge in [0.1, 0.15) is 5.71 Å². The van der Waals surface area contributed by atoms with Gasteiger partial charge >= 0.3 is 0 Å². The predicted molar refractivity (Wildman–Crippen MR) is 32.9 cm³/mol. The van der Waals surface area contributed by atoms with Gasteiger partial charge in [0.2, 0.25) is 5.71 Å². The zero-order valence-corrected chi connectivity index (χ0v) is 4.39. The van der Waals surface area contributed by atoms with E-state index in [4.69, 9.17) is 10.8 Å². The van der Waals surface area contributed by atoms with Crippen LogP contribution in [-0.2, 0) is 0 Å². The lowest BCUT2D eigenvalue weighted by atomic mass is 10.1. The van der Waals surface area contributed by atoms with Crippen molar-refractivity contribution in [2.24, 2.45) is 0 Å². The first-order chi connectivity index (χ1) is 3.80. The molecule has 0 spiro atoms. The van der Waals surface area contributed by atoms with Crippen LogP contribution in [0.2, 0.25) is 0 Å². The summed E-state index contributed by atoms with van der Waals surface area (Å²) in [6.07, 6.45) is 6.98. The Labute approximate surface area is 47.5 Å². The lowest BCUT2D eigenvalue weighted by Gasteiger charge is -1.90. The molecule has 0 amide bonds. The topological polar surface area (TPSA) is 49.4 Å². The number of nitrogens with one attached hydrogen (secondary N) is 1. The maximum Gasteiger partial charge on any atom is 0.221 e. The molecule has 0 aliphatic heterocycles. The smallest absolute Gasteiger partial charge is 0.221 e. The van der Waals surface area contributed by atoms with Crippen molar-refractivity contribution in [2.75, 3.05) is 0 Å². The summed E-state index contributed by atoms with van der Waals surface area (Å²) in [5.41, 5.74) is 0.931. The molecule has 0 aromatic carbocycles. The second-order valence-electron chi connectivity index (χ2n) is 1.59. The molecular weight excluding hydrogens is 100 g/mol. The van der Waals surface area contributed by atoms with Crippen molar-refractivity contribution in [2.45, 2.75) is 0 Å². The van der Waals surface area contributed by atoms with E-state index in [1.165, 1.54) is 0 Å². The van der Waals surface area contributed by atoms with Crippen molar-refractivity contribution in [3.8, 4) is 0 Å². The third-order valence-corrected chi connectivity index (χ3v) is 0.961. The van der Waals surface area contributed by atoms with Crippen molar-refractivity contribution < 1.29 is 5.41 Å². The fraction of sp³-hybridized carbons (Fsp3) is 0. The van der Waals surface area contributed by atoms with Gasteiger partial charge in [0.15, 0.2) is 0 Å². The van der Waals surface area contributed by atoms with Crippen molar-refractivity contribution in [1.29, 1.82) is 5.41 Å². The maximum absolute atomic E-state index is 7.09. The van der Waals surface area contributed by atoms with E-state index < -0.39 is 0 Å². The van der Waals surface area contributed by atoms with Gasteiger partial charge in [-0.05, 0) is 6.08 Å². The van der Waals surface area contributed by atoms with Gasteiger partial charge in [-0.2, -0.15) is 0 Å². The molecular formula is C6H7N2+. The van der Waals surface area contributed by atoms with Crippen LogP contribution >= 0.6 is 0 Å². The van der Waals surface area contributed by atoms with Crippen LogP contribution in [0.3, 0.4) is 0 Å². The van der Waals surface area contributed by atoms with Crippen LogP contribution in [0.4, 0.5) is 0 Å². The van der Waals surface area contributed by atoms with Crippen LogP contribution in [0.15, 0.2) is 24.3 Å². The fourth-order valence-electron chi connectivity index (χ4n) is 0.497. The summed E-state index contributed by atoms with van der Waals surface area (Å²) in [5.74, 6) is 0. The van der Waals surface area contributed by atoms with Gasteiger partial charge < -0.3 is 0 Å². The Morgan fingerprint density at radius 3 is 2.25 bits per heavy atom. The highest BCUT2D eigenvalue weighted by Crippen LogP contribution is 1.89. The van der Waals surface area contributed by atoms with E-state index in [0.717, 1.165) is 0 Å². The van der Waals surface area contributed by atoms with E-state index in [2.05, 4.69) is 0 Å². The summed E-state index contributed by atoms with van der Waals surface area (Å²) in [6.45, 7) is 0.